The molecule has 0 aliphatic rings. The lowest BCUT2D eigenvalue weighted by atomic mass is 10.1. The van der Waals surface area contributed by atoms with Gasteiger partial charge in [0.05, 0.1) is 28.4 Å². The maximum absolute atomic E-state index is 9.00. The molecule has 3 aromatic rings. The third-order valence-corrected chi connectivity index (χ3v) is 4.01. The lowest BCUT2D eigenvalue weighted by molar-refractivity contribution is 0.810. The second kappa shape index (κ2) is 4.69. The van der Waals surface area contributed by atoms with Crippen LogP contribution >= 0.6 is 11.5 Å². The van der Waals surface area contributed by atoms with Crippen LogP contribution < -0.4 is 0 Å². The fraction of sp³-hybridized carbons (Fsp3) is 0.286. The van der Waals surface area contributed by atoms with Crippen molar-refractivity contribution >= 4 is 22.6 Å². The number of imidazole rings is 1. The number of hydrogen-bond acceptors (Lipinski definition) is 5. The van der Waals surface area contributed by atoms with Crippen molar-refractivity contribution in [1.82, 2.24) is 19.1 Å². The fourth-order valence-corrected chi connectivity index (χ4v) is 3.04. The Bertz CT molecular complexity index is 822. The monoisotopic (exact) mass is 283 g/mol. The van der Waals surface area contributed by atoms with E-state index in [0.29, 0.717) is 11.5 Å². The summed E-state index contributed by atoms with van der Waals surface area (Å²) >= 11 is 1.36. The highest BCUT2D eigenvalue weighted by Gasteiger charge is 2.19. The molecule has 0 atom stereocenters. The van der Waals surface area contributed by atoms with E-state index in [2.05, 4.69) is 34.5 Å². The number of fused-ring (bicyclic) bond motifs is 1. The molecule has 0 N–H and O–H groups in total. The van der Waals surface area contributed by atoms with Crippen LogP contribution in [0.5, 0.6) is 0 Å². The molecule has 100 valence electrons. The van der Waals surface area contributed by atoms with Gasteiger partial charge in [0.2, 0.25) is 0 Å². The summed E-state index contributed by atoms with van der Waals surface area (Å²) in [5, 5.41) is 13.2. The van der Waals surface area contributed by atoms with Crippen molar-refractivity contribution in [2.75, 3.05) is 0 Å². The van der Waals surface area contributed by atoms with Gasteiger partial charge in [-0.3, -0.25) is 0 Å². The van der Waals surface area contributed by atoms with Gasteiger partial charge in [-0.05, 0) is 35.6 Å². The Labute approximate surface area is 120 Å². The van der Waals surface area contributed by atoms with Gasteiger partial charge in [-0.25, -0.2) is 4.98 Å². The predicted molar refractivity (Wildman–Crippen MR) is 78.4 cm³/mol. The molecule has 0 amide bonds. The maximum Gasteiger partial charge on any atom is 0.154 e. The molecular weight excluding hydrogens is 270 g/mol. The van der Waals surface area contributed by atoms with Gasteiger partial charge in [-0.1, -0.05) is 18.3 Å². The third-order valence-electron chi connectivity index (χ3n) is 3.27. The van der Waals surface area contributed by atoms with E-state index in [-0.39, 0.29) is 0 Å². The minimum absolute atomic E-state index is 0.304. The Balaban J connectivity index is 2.25. The van der Waals surface area contributed by atoms with E-state index >= 15 is 0 Å². The number of aryl methyl sites for hydroxylation is 1. The molecule has 0 aliphatic heterocycles. The second-order valence-corrected chi connectivity index (χ2v) is 5.71. The summed E-state index contributed by atoms with van der Waals surface area (Å²) in [6, 6.07) is 7.67. The fourth-order valence-electron chi connectivity index (χ4n) is 2.19. The van der Waals surface area contributed by atoms with Crippen molar-refractivity contribution < 1.29 is 0 Å². The standard InChI is InChI=1S/C14H13N5S/c1-8(2)12-13(20-18-17-12)14-16-10-5-4-9(7-15)6-11(10)19(14)3/h4-6,8H,1-3H3. The van der Waals surface area contributed by atoms with Gasteiger partial charge in [0.15, 0.2) is 5.82 Å². The Morgan fingerprint density at radius 3 is 2.85 bits per heavy atom. The summed E-state index contributed by atoms with van der Waals surface area (Å²) in [6.45, 7) is 4.19. The van der Waals surface area contributed by atoms with Gasteiger partial charge < -0.3 is 4.57 Å². The third kappa shape index (κ3) is 1.87. The molecule has 1 aromatic carbocycles. The second-order valence-electron chi connectivity index (χ2n) is 4.95. The Morgan fingerprint density at radius 2 is 2.15 bits per heavy atom. The van der Waals surface area contributed by atoms with E-state index in [9.17, 15) is 0 Å². The first-order chi connectivity index (χ1) is 9.61. The van der Waals surface area contributed by atoms with E-state index in [1.54, 1.807) is 6.07 Å². The van der Waals surface area contributed by atoms with Crippen molar-refractivity contribution in [3.8, 4) is 16.8 Å². The molecule has 6 heteroatoms. The number of hydrogen-bond donors (Lipinski definition) is 0. The van der Waals surface area contributed by atoms with Gasteiger partial charge >= 0.3 is 0 Å². The zero-order valence-electron chi connectivity index (χ0n) is 11.5. The normalized spacial score (nSPS) is 11.2. The molecule has 0 unspecified atom stereocenters. The highest BCUT2D eigenvalue weighted by Crippen LogP contribution is 2.32. The first kappa shape index (κ1) is 12.8. The molecular formula is C14H13N5S. The summed E-state index contributed by atoms with van der Waals surface area (Å²) in [7, 11) is 1.95. The molecule has 2 aromatic heterocycles. The van der Waals surface area contributed by atoms with Gasteiger partial charge in [0.25, 0.3) is 0 Å². The summed E-state index contributed by atoms with van der Waals surface area (Å²) in [4.78, 5) is 5.65. The van der Waals surface area contributed by atoms with E-state index in [1.807, 2.05) is 23.7 Å². The molecule has 5 nitrogen and oxygen atoms in total. The minimum atomic E-state index is 0.304. The van der Waals surface area contributed by atoms with E-state index in [4.69, 9.17) is 5.26 Å². The SMILES string of the molecule is CC(C)c1nnsc1-c1nc2ccc(C#N)cc2n1C. The van der Waals surface area contributed by atoms with Crippen molar-refractivity contribution in [3.63, 3.8) is 0 Å². The molecule has 0 aliphatic carbocycles. The van der Waals surface area contributed by atoms with E-state index in [1.165, 1.54) is 11.5 Å². The first-order valence-corrected chi connectivity index (χ1v) is 7.08. The van der Waals surface area contributed by atoms with E-state index in [0.717, 1.165) is 27.4 Å². The topological polar surface area (TPSA) is 67.4 Å². The molecule has 0 saturated carbocycles. The summed E-state index contributed by atoms with van der Waals surface area (Å²) < 4.78 is 6.05. The molecule has 20 heavy (non-hydrogen) atoms. The molecule has 0 fully saturated rings. The van der Waals surface area contributed by atoms with Gasteiger partial charge in [-0.2, -0.15) is 5.26 Å². The number of benzene rings is 1. The van der Waals surface area contributed by atoms with Crippen LogP contribution in [-0.4, -0.2) is 19.1 Å². The molecule has 0 saturated heterocycles. The predicted octanol–water partition coefficient (Wildman–Crippen LogP) is 3.09. The van der Waals surface area contributed by atoms with Crippen LogP contribution in [0.15, 0.2) is 18.2 Å². The summed E-state index contributed by atoms with van der Waals surface area (Å²) in [6.07, 6.45) is 0. The van der Waals surface area contributed by atoms with Crippen LogP contribution in [0, 0.1) is 11.3 Å². The number of nitriles is 1. The number of rotatable bonds is 2. The van der Waals surface area contributed by atoms with Crippen LogP contribution in [0.4, 0.5) is 0 Å². The zero-order chi connectivity index (χ0) is 14.3. The van der Waals surface area contributed by atoms with Gasteiger partial charge in [0, 0.05) is 7.05 Å². The highest BCUT2D eigenvalue weighted by molar-refractivity contribution is 7.09. The molecule has 3 rings (SSSR count). The zero-order valence-corrected chi connectivity index (χ0v) is 12.3. The average molecular weight is 283 g/mol. The van der Waals surface area contributed by atoms with Crippen LogP contribution in [0.1, 0.15) is 31.0 Å². The Morgan fingerprint density at radius 1 is 1.35 bits per heavy atom. The van der Waals surface area contributed by atoms with Crippen molar-refractivity contribution in [3.05, 3.63) is 29.5 Å². The lowest BCUT2D eigenvalue weighted by Crippen LogP contribution is -1.96. The molecule has 2 heterocycles. The van der Waals surface area contributed by atoms with Crippen molar-refractivity contribution in [2.45, 2.75) is 19.8 Å². The van der Waals surface area contributed by atoms with Gasteiger partial charge in [0.1, 0.15) is 4.88 Å². The largest absolute Gasteiger partial charge is 0.326 e. The van der Waals surface area contributed by atoms with Gasteiger partial charge in [-0.15, -0.1) is 5.10 Å². The molecule has 0 spiro atoms. The summed E-state index contributed by atoms with van der Waals surface area (Å²) in [5.74, 6) is 1.16. The van der Waals surface area contributed by atoms with Crippen LogP contribution in [-0.2, 0) is 7.05 Å². The minimum Gasteiger partial charge on any atom is -0.326 e. The Hall–Kier alpha value is -2.26. The quantitative estimate of drug-likeness (QED) is 0.724. The average Bonchev–Trinajstić information content (AvgIpc) is 3.03. The summed E-state index contributed by atoms with van der Waals surface area (Å²) in [5.41, 5.74) is 3.43. The van der Waals surface area contributed by atoms with E-state index < -0.39 is 0 Å². The van der Waals surface area contributed by atoms with Crippen LogP contribution in [0.3, 0.4) is 0 Å². The first-order valence-electron chi connectivity index (χ1n) is 6.31. The molecule has 0 bridgehead atoms. The van der Waals surface area contributed by atoms with Crippen LogP contribution in [0.2, 0.25) is 0 Å². The smallest absolute Gasteiger partial charge is 0.154 e. The number of nitrogens with zero attached hydrogens (tertiary/aromatic N) is 5. The highest BCUT2D eigenvalue weighted by atomic mass is 32.1. The van der Waals surface area contributed by atoms with Crippen molar-refractivity contribution in [2.24, 2.45) is 7.05 Å². The maximum atomic E-state index is 9.00. The number of aromatic nitrogens is 4. The van der Waals surface area contributed by atoms with Crippen LogP contribution in [0.25, 0.3) is 21.7 Å². The Kier molecular flexibility index (Phi) is 2.99. The van der Waals surface area contributed by atoms with Crippen molar-refractivity contribution in [1.29, 1.82) is 5.26 Å². The molecule has 0 radical (unpaired) electrons. The lowest BCUT2D eigenvalue weighted by Gasteiger charge is -2.04.